The molecule has 3 atom stereocenters. The summed E-state index contributed by atoms with van der Waals surface area (Å²) in [6, 6.07) is 4.74. The minimum atomic E-state index is 0.181. The standard InChI is InChI=1S/C17H20N2O3/c20-17-11-2-1-4-18-13(11)8-14-12-7-16-15(21-9-22-16)6-10(12)3-5-19(14)17/h6-7,11,13-14,18H,1-5,8-9H2/t11-,13-,14-/m0/s1. The zero-order valence-corrected chi connectivity index (χ0v) is 12.5. The van der Waals surface area contributed by atoms with Crippen molar-refractivity contribution in [3.63, 3.8) is 0 Å². The molecule has 0 radical (unpaired) electrons. The molecule has 4 aliphatic heterocycles. The van der Waals surface area contributed by atoms with Crippen molar-refractivity contribution in [3.8, 4) is 11.5 Å². The minimum absolute atomic E-state index is 0.181. The van der Waals surface area contributed by atoms with Crippen molar-refractivity contribution in [2.45, 2.75) is 37.8 Å². The maximum absolute atomic E-state index is 12.9. The topological polar surface area (TPSA) is 50.8 Å². The number of benzene rings is 1. The lowest BCUT2D eigenvalue weighted by Crippen LogP contribution is -2.57. The lowest BCUT2D eigenvalue weighted by molar-refractivity contribution is -0.145. The second-order valence-electron chi connectivity index (χ2n) is 6.75. The molecule has 0 aliphatic carbocycles. The number of ether oxygens (including phenoxy) is 2. The van der Waals surface area contributed by atoms with E-state index in [1.165, 1.54) is 11.1 Å². The van der Waals surface area contributed by atoms with E-state index in [1.807, 2.05) is 0 Å². The molecule has 0 aromatic heterocycles. The molecule has 116 valence electrons. The number of hydrogen-bond donors (Lipinski definition) is 1. The van der Waals surface area contributed by atoms with E-state index < -0.39 is 0 Å². The highest BCUT2D eigenvalue weighted by Gasteiger charge is 2.45. The van der Waals surface area contributed by atoms with Crippen molar-refractivity contribution in [1.29, 1.82) is 0 Å². The first-order valence-corrected chi connectivity index (χ1v) is 8.27. The number of nitrogens with zero attached hydrogens (tertiary/aromatic N) is 1. The number of rotatable bonds is 0. The highest BCUT2D eigenvalue weighted by atomic mass is 16.7. The van der Waals surface area contributed by atoms with Crippen LogP contribution in [0.25, 0.3) is 0 Å². The lowest BCUT2D eigenvalue weighted by Gasteiger charge is -2.48. The van der Waals surface area contributed by atoms with E-state index in [2.05, 4.69) is 22.3 Å². The van der Waals surface area contributed by atoms with Gasteiger partial charge in [-0.05, 0) is 55.5 Å². The zero-order chi connectivity index (χ0) is 14.7. The van der Waals surface area contributed by atoms with Gasteiger partial charge in [-0.1, -0.05) is 0 Å². The molecule has 22 heavy (non-hydrogen) atoms. The van der Waals surface area contributed by atoms with Crippen LogP contribution in [0, 0.1) is 5.92 Å². The molecule has 4 heterocycles. The SMILES string of the molecule is O=C1[C@H]2CCCN[C@H]2C[C@H]2c3cc4c(cc3CCN12)OCO4. The largest absolute Gasteiger partial charge is 0.454 e. The summed E-state index contributed by atoms with van der Waals surface area (Å²) in [4.78, 5) is 15.0. The number of hydrogen-bond acceptors (Lipinski definition) is 4. The van der Waals surface area contributed by atoms with E-state index in [0.717, 1.165) is 50.3 Å². The number of piperidine rings is 2. The minimum Gasteiger partial charge on any atom is -0.454 e. The Balaban J connectivity index is 1.55. The number of carbonyl (C=O) groups excluding carboxylic acids is 1. The van der Waals surface area contributed by atoms with E-state index in [9.17, 15) is 4.79 Å². The molecule has 5 heteroatoms. The van der Waals surface area contributed by atoms with Crippen molar-refractivity contribution in [2.75, 3.05) is 19.9 Å². The molecule has 1 N–H and O–H groups in total. The van der Waals surface area contributed by atoms with Crippen LogP contribution in [0.1, 0.15) is 36.4 Å². The summed E-state index contributed by atoms with van der Waals surface area (Å²) in [5, 5.41) is 3.56. The molecule has 2 fully saturated rings. The lowest BCUT2D eigenvalue weighted by atomic mass is 9.77. The van der Waals surface area contributed by atoms with Crippen molar-refractivity contribution < 1.29 is 14.3 Å². The Kier molecular flexibility index (Phi) is 2.68. The molecule has 0 spiro atoms. The van der Waals surface area contributed by atoms with Crippen molar-refractivity contribution >= 4 is 5.91 Å². The maximum atomic E-state index is 12.9. The van der Waals surface area contributed by atoms with Gasteiger partial charge in [-0.2, -0.15) is 0 Å². The number of carbonyl (C=O) groups is 1. The molecule has 0 unspecified atom stereocenters. The van der Waals surface area contributed by atoms with Crippen LogP contribution in [0.4, 0.5) is 0 Å². The van der Waals surface area contributed by atoms with Gasteiger partial charge in [-0.25, -0.2) is 0 Å². The fraction of sp³-hybridized carbons (Fsp3) is 0.588. The average Bonchev–Trinajstić information content (AvgIpc) is 3.00. The van der Waals surface area contributed by atoms with Gasteiger partial charge >= 0.3 is 0 Å². The van der Waals surface area contributed by atoms with Crippen LogP contribution < -0.4 is 14.8 Å². The first kappa shape index (κ1) is 12.8. The molecule has 0 saturated carbocycles. The molecule has 5 rings (SSSR count). The Labute approximate surface area is 129 Å². The van der Waals surface area contributed by atoms with E-state index in [4.69, 9.17) is 9.47 Å². The van der Waals surface area contributed by atoms with Gasteiger partial charge in [-0.3, -0.25) is 4.79 Å². The summed E-state index contributed by atoms with van der Waals surface area (Å²) in [6.07, 6.45) is 4.08. The quantitative estimate of drug-likeness (QED) is 0.791. The molecular formula is C17H20N2O3. The molecule has 1 aromatic rings. The molecule has 0 bridgehead atoms. The van der Waals surface area contributed by atoms with Gasteiger partial charge in [0.25, 0.3) is 0 Å². The Morgan fingerprint density at radius 3 is 3.00 bits per heavy atom. The van der Waals surface area contributed by atoms with Crippen LogP contribution in [0.2, 0.25) is 0 Å². The molecule has 1 aromatic carbocycles. The molecular weight excluding hydrogens is 280 g/mol. The summed E-state index contributed by atoms with van der Waals surface area (Å²) in [5.41, 5.74) is 2.57. The van der Waals surface area contributed by atoms with Gasteiger partial charge in [0.2, 0.25) is 12.7 Å². The summed E-state index contributed by atoms with van der Waals surface area (Å²) < 4.78 is 11.0. The van der Waals surface area contributed by atoms with Crippen molar-refractivity contribution in [2.24, 2.45) is 5.92 Å². The fourth-order valence-corrected chi connectivity index (χ4v) is 4.56. The Bertz CT molecular complexity index is 645. The smallest absolute Gasteiger partial charge is 0.231 e. The Hall–Kier alpha value is -1.75. The first-order chi connectivity index (χ1) is 10.8. The van der Waals surface area contributed by atoms with Gasteiger partial charge in [0.15, 0.2) is 11.5 Å². The van der Waals surface area contributed by atoms with Gasteiger partial charge in [-0.15, -0.1) is 0 Å². The van der Waals surface area contributed by atoms with Crippen molar-refractivity contribution in [1.82, 2.24) is 10.2 Å². The van der Waals surface area contributed by atoms with Gasteiger partial charge in [0, 0.05) is 12.6 Å². The van der Waals surface area contributed by atoms with E-state index in [1.54, 1.807) is 0 Å². The van der Waals surface area contributed by atoms with Crippen LogP contribution in [0.3, 0.4) is 0 Å². The predicted octanol–water partition coefficient (Wildman–Crippen LogP) is 1.61. The molecule has 2 saturated heterocycles. The van der Waals surface area contributed by atoms with E-state index >= 15 is 0 Å². The van der Waals surface area contributed by atoms with Crippen LogP contribution in [0.5, 0.6) is 11.5 Å². The van der Waals surface area contributed by atoms with E-state index in [0.29, 0.717) is 18.7 Å². The third-order valence-corrected chi connectivity index (χ3v) is 5.65. The van der Waals surface area contributed by atoms with Gasteiger partial charge in [0.1, 0.15) is 0 Å². The third-order valence-electron chi connectivity index (χ3n) is 5.65. The highest BCUT2D eigenvalue weighted by Crippen LogP contribution is 2.45. The van der Waals surface area contributed by atoms with Gasteiger partial charge < -0.3 is 19.7 Å². The third kappa shape index (κ3) is 1.72. The van der Waals surface area contributed by atoms with Crippen LogP contribution >= 0.6 is 0 Å². The zero-order valence-electron chi connectivity index (χ0n) is 12.5. The second-order valence-corrected chi connectivity index (χ2v) is 6.75. The average molecular weight is 300 g/mol. The highest BCUT2D eigenvalue weighted by molar-refractivity contribution is 5.82. The summed E-state index contributed by atoms with van der Waals surface area (Å²) >= 11 is 0. The fourth-order valence-electron chi connectivity index (χ4n) is 4.56. The van der Waals surface area contributed by atoms with E-state index in [-0.39, 0.29) is 12.0 Å². The number of nitrogens with one attached hydrogen (secondary N) is 1. The summed E-state index contributed by atoms with van der Waals surface area (Å²) in [5.74, 6) is 2.20. The predicted molar refractivity (Wildman–Crippen MR) is 79.9 cm³/mol. The summed E-state index contributed by atoms with van der Waals surface area (Å²) in [7, 11) is 0. The Morgan fingerprint density at radius 2 is 2.09 bits per heavy atom. The first-order valence-electron chi connectivity index (χ1n) is 8.27. The van der Waals surface area contributed by atoms with Gasteiger partial charge in [0.05, 0.1) is 12.0 Å². The number of amides is 1. The maximum Gasteiger partial charge on any atom is 0.231 e. The second kappa shape index (κ2) is 4.62. The van der Waals surface area contributed by atoms with Crippen LogP contribution in [-0.2, 0) is 11.2 Å². The summed E-state index contributed by atoms with van der Waals surface area (Å²) in [6.45, 7) is 2.17. The monoisotopic (exact) mass is 300 g/mol. The molecule has 4 aliphatic rings. The van der Waals surface area contributed by atoms with Crippen molar-refractivity contribution in [3.05, 3.63) is 23.3 Å². The number of fused-ring (bicyclic) bond motifs is 5. The Morgan fingerprint density at radius 1 is 1.23 bits per heavy atom. The molecule has 5 nitrogen and oxygen atoms in total. The molecule has 1 amide bonds. The van der Waals surface area contributed by atoms with Crippen LogP contribution in [-0.4, -0.2) is 36.7 Å². The normalized spacial score (nSPS) is 32.3. The van der Waals surface area contributed by atoms with Crippen LogP contribution in [0.15, 0.2) is 12.1 Å².